The van der Waals surface area contributed by atoms with Gasteiger partial charge >= 0.3 is 0 Å². The molecule has 0 saturated carbocycles. The Morgan fingerprint density at radius 3 is 2.95 bits per heavy atom. The van der Waals surface area contributed by atoms with Crippen molar-refractivity contribution < 1.29 is 0 Å². The van der Waals surface area contributed by atoms with E-state index in [4.69, 9.17) is 0 Å². The molecule has 19 heavy (non-hydrogen) atoms. The number of aryl methyl sites for hydroxylation is 2. The molecule has 0 saturated heterocycles. The van der Waals surface area contributed by atoms with E-state index < -0.39 is 0 Å². The van der Waals surface area contributed by atoms with Gasteiger partial charge in [-0.3, -0.25) is 0 Å². The smallest absolute Gasteiger partial charge is 0.0127 e. The lowest BCUT2D eigenvalue weighted by atomic mass is 9.95. The zero-order valence-corrected chi connectivity index (χ0v) is 12.1. The fourth-order valence-electron chi connectivity index (χ4n) is 2.75. The largest absolute Gasteiger partial charge is 0.319 e. The first kappa shape index (κ1) is 12.6. The van der Waals surface area contributed by atoms with Gasteiger partial charge < -0.3 is 5.32 Å². The van der Waals surface area contributed by atoms with E-state index in [1.165, 1.54) is 33.6 Å². The summed E-state index contributed by atoms with van der Waals surface area (Å²) in [6.07, 6.45) is 5.81. The molecule has 0 aliphatic heterocycles. The molecule has 0 bridgehead atoms. The van der Waals surface area contributed by atoms with Crippen molar-refractivity contribution in [2.24, 2.45) is 0 Å². The molecule has 1 N–H and O–H groups in total. The van der Waals surface area contributed by atoms with E-state index in [0.717, 1.165) is 19.4 Å². The minimum absolute atomic E-state index is 1.03. The molecule has 1 aromatic carbocycles. The molecule has 0 fully saturated rings. The summed E-state index contributed by atoms with van der Waals surface area (Å²) in [7, 11) is 2.01. The molecule has 1 aliphatic carbocycles. The topological polar surface area (TPSA) is 12.0 Å². The van der Waals surface area contributed by atoms with Gasteiger partial charge in [0.05, 0.1) is 0 Å². The average molecular weight is 269 g/mol. The van der Waals surface area contributed by atoms with Crippen LogP contribution in [0.15, 0.2) is 41.8 Å². The van der Waals surface area contributed by atoms with Crippen LogP contribution >= 0.6 is 11.3 Å². The third kappa shape index (κ3) is 2.51. The molecule has 0 amide bonds. The predicted molar refractivity (Wildman–Crippen MR) is 83.8 cm³/mol. The van der Waals surface area contributed by atoms with Crippen molar-refractivity contribution >= 4 is 16.9 Å². The number of hydrogen-bond acceptors (Lipinski definition) is 2. The van der Waals surface area contributed by atoms with Crippen molar-refractivity contribution in [1.29, 1.82) is 0 Å². The van der Waals surface area contributed by atoms with Crippen LogP contribution in [0, 0.1) is 0 Å². The first-order valence-electron chi connectivity index (χ1n) is 6.90. The second kappa shape index (κ2) is 5.72. The van der Waals surface area contributed by atoms with Crippen molar-refractivity contribution in [3.05, 3.63) is 63.4 Å². The number of thiophene rings is 1. The van der Waals surface area contributed by atoms with Gasteiger partial charge in [0, 0.05) is 4.88 Å². The normalized spacial score (nSPS) is 15.9. The Bertz CT molecular complexity index is 595. The lowest BCUT2D eigenvalue weighted by molar-refractivity contribution is 0.808. The summed E-state index contributed by atoms with van der Waals surface area (Å²) >= 11 is 1.90. The Hall–Kier alpha value is -1.38. The maximum atomic E-state index is 3.22. The van der Waals surface area contributed by atoms with Crippen LogP contribution in [0.2, 0.25) is 0 Å². The first-order valence-corrected chi connectivity index (χ1v) is 7.78. The molecule has 0 radical (unpaired) electrons. The summed E-state index contributed by atoms with van der Waals surface area (Å²) in [5.74, 6) is 0. The van der Waals surface area contributed by atoms with Crippen LogP contribution in [0.3, 0.4) is 0 Å². The van der Waals surface area contributed by atoms with Crippen LogP contribution in [-0.2, 0) is 12.8 Å². The third-order valence-corrected chi connectivity index (χ3v) is 4.69. The van der Waals surface area contributed by atoms with Crippen molar-refractivity contribution in [2.75, 3.05) is 13.6 Å². The summed E-state index contributed by atoms with van der Waals surface area (Å²) in [5, 5.41) is 5.45. The van der Waals surface area contributed by atoms with Gasteiger partial charge in [0.2, 0.25) is 0 Å². The number of nitrogens with one attached hydrogen (secondary N) is 1. The number of rotatable bonds is 3. The fraction of sp³-hybridized carbons (Fsp3) is 0.294. The van der Waals surface area contributed by atoms with Gasteiger partial charge in [0.1, 0.15) is 0 Å². The van der Waals surface area contributed by atoms with Gasteiger partial charge in [0.15, 0.2) is 0 Å². The van der Waals surface area contributed by atoms with Crippen molar-refractivity contribution in [1.82, 2.24) is 5.32 Å². The average Bonchev–Trinajstić information content (AvgIpc) is 2.85. The Kier molecular flexibility index (Phi) is 3.81. The number of hydrogen-bond donors (Lipinski definition) is 1. The van der Waals surface area contributed by atoms with Crippen LogP contribution in [0.5, 0.6) is 0 Å². The Morgan fingerprint density at radius 1 is 1.16 bits per heavy atom. The molecule has 1 aromatic heterocycles. The van der Waals surface area contributed by atoms with E-state index in [1.807, 2.05) is 18.4 Å². The van der Waals surface area contributed by atoms with Crippen LogP contribution in [0.25, 0.3) is 5.57 Å². The lowest BCUT2D eigenvalue weighted by Crippen LogP contribution is -2.06. The summed E-state index contributed by atoms with van der Waals surface area (Å²) in [6, 6.07) is 11.1. The first-order chi connectivity index (χ1) is 9.40. The highest BCUT2D eigenvalue weighted by Crippen LogP contribution is 2.36. The molecule has 3 rings (SSSR count). The standard InChI is InChI=1S/C17H19NS/c1-18-11-4-7-15-14-6-3-2-5-13(14)8-9-17-16(15)10-12-19-17/h2-3,5-7,10,12,18H,4,8-9,11H2,1H3/b15-7-. The van der Waals surface area contributed by atoms with Crippen LogP contribution in [-0.4, -0.2) is 13.6 Å². The van der Waals surface area contributed by atoms with E-state index in [-0.39, 0.29) is 0 Å². The molecule has 0 atom stereocenters. The Morgan fingerprint density at radius 2 is 2.05 bits per heavy atom. The van der Waals surface area contributed by atoms with Crippen LogP contribution < -0.4 is 5.32 Å². The van der Waals surface area contributed by atoms with E-state index in [0.29, 0.717) is 0 Å². The zero-order chi connectivity index (χ0) is 13.1. The van der Waals surface area contributed by atoms with Crippen LogP contribution in [0.1, 0.15) is 28.0 Å². The van der Waals surface area contributed by atoms with Gasteiger partial charge in [-0.1, -0.05) is 30.3 Å². The summed E-state index contributed by atoms with van der Waals surface area (Å²) in [4.78, 5) is 1.53. The molecule has 98 valence electrons. The third-order valence-electron chi connectivity index (χ3n) is 3.71. The predicted octanol–water partition coefficient (Wildman–Crippen LogP) is 3.89. The Balaban J connectivity index is 2.08. The monoisotopic (exact) mass is 269 g/mol. The number of benzene rings is 1. The summed E-state index contributed by atoms with van der Waals surface area (Å²) in [5.41, 5.74) is 5.79. The molecule has 1 heterocycles. The highest BCUT2D eigenvalue weighted by Gasteiger charge is 2.18. The minimum atomic E-state index is 1.03. The van der Waals surface area contributed by atoms with Gasteiger partial charge in [-0.2, -0.15) is 0 Å². The molecule has 0 spiro atoms. The molecular weight excluding hydrogens is 250 g/mol. The van der Waals surface area contributed by atoms with E-state index in [2.05, 4.69) is 47.1 Å². The van der Waals surface area contributed by atoms with Gasteiger partial charge in [-0.25, -0.2) is 0 Å². The lowest BCUT2D eigenvalue weighted by Gasteiger charge is -2.09. The van der Waals surface area contributed by atoms with E-state index >= 15 is 0 Å². The highest BCUT2D eigenvalue weighted by molar-refractivity contribution is 7.10. The molecule has 1 aliphatic rings. The molecule has 0 unspecified atom stereocenters. The molecule has 2 aromatic rings. The maximum Gasteiger partial charge on any atom is 0.0127 e. The molecule has 1 nitrogen and oxygen atoms in total. The summed E-state index contributed by atoms with van der Waals surface area (Å²) in [6.45, 7) is 1.03. The fourth-order valence-corrected chi connectivity index (χ4v) is 3.64. The van der Waals surface area contributed by atoms with E-state index in [9.17, 15) is 0 Å². The van der Waals surface area contributed by atoms with Gasteiger partial charge in [-0.15, -0.1) is 11.3 Å². The summed E-state index contributed by atoms with van der Waals surface area (Å²) < 4.78 is 0. The SMILES string of the molecule is CNCC/C=C1/c2ccccc2CCc2sccc21. The zero-order valence-electron chi connectivity index (χ0n) is 11.3. The second-order valence-electron chi connectivity index (χ2n) is 4.92. The van der Waals surface area contributed by atoms with Crippen molar-refractivity contribution in [3.8, 4) is 0 Å². The minimum Gasteiger partial charge on any atom is -0.319 e. The molecular formula is C17H19NS. The highest BCUT2D eigenvalue weighted by atomic mass is 32.1. The maximum absolute atomic E-state index is 3.22. The van der Waals surface area contributed by atoms with E-state index in [1.54, 1.807) is 0 Å². The number of fused-ring (bicyclic) bond motifs is 2. The van der Waals surface area contributed by atoms with Crippen LogP contribution in [0.4, 0.5) is 0 Å². The van der Waals surface area contributed by atoms with Gasteiger partial charge in [-0.05, 0) is 66.6 Å². The van der Waals surface area contributed by atoms with Crippen molar-refractivity contribution in [3.63, 3.8) is 0 Å². The van der Waals surface area contributed by atoms with Gasteiger partial charge in [0.25, 0.3) is 0 Å². The van der Waals surface area contributed by atoms with Crippen molar-refractivity contribution in [2.45, 2.75) is 19.3 Å². The molecule has 2 heteroatoms. The Labute approximate surface area is 119 Å². The quantitative estimate of drug-likeness (QED) is 0.834. The second-order valence-corrected chi connectivity index (χ2v) is 5.93.